The van der Waals surface area contributed by atoms with Crippen molar-refractivity contribution in [2.75, 3.05) is 0 Å². The lowest BCUT2D eigenvalue weighted by Gasteiger charge is -2.08. The summed E-state index contributed by atoms with van der Waals surface area (Å²) in [6.07, 6.45) is 0.858. The van der Waals surface area contributed by atoms with Gasteiger partial charge in [0, 0.05) is 17.2 Å². The molecule has 0 saturated carbocycles. The Hall–Kier alpha value is -1.33. The Balaban J connectivity index is 2.32. The number of halogens is 2. The predicted octanol–water partition coefficient (Wildman–Crippen LogP) is 3.82. The van der Waals surface area contributed by atoms with E-state index >= 15 is 0 Å². The first kappa shape index (κ1) is 13.6. The fourth-order valence-corrected chi connectivity index (χ4v) is 2.86. The Bertz CT molecular complexity index is 758. The van der Waals surface area contributed by atoms with Crippen molar-refractivity contribution in [2.45, 2.75) is 19.2 Å². The molecule has 0 unspecified atom stereocenters. The van der Waals surface area contributed by atoms with E-state index in [1.807, 2.05) is 36.0 Å². The second-order valence-corrected chi connectivity index (χ2v) is 5.75. The van der Waals surface area contributed by atoms with E-state index < -0.39 is 0 Å². The first-order chi connectivity index (χ1) is 9.65. The van der Waals surface area contributed by atoms with Crippen molar-refractivity contribution in [3.63, 3.8) is 0 Å². The standard InChI is InChI=1S/C14H14BrClN4/c1-3-11-13-14(19(2)18-11)20(12(8-16)17-13)10-6-4-9(15)5-7-10/h4-7H,3,8H2,1-2H3. The highest BCUT2D eigenvalue weighted by Crippen LogP contribution is 2.25. The van der Waals surface area contributed by atoms with Crippen molar-refractivity contribution >= 4 is 38.7 Å². The van der Waals surface area contributed by atoms with Crippen LogP contribution >= 0.6 is 27.5 Å². The molecule has 0 aliphatic carbocycles. The van der Waals surface area contributed by atoms with Crippen molar-refractivity contribution in [3.8, 4) is 5.69 Å². The first-order valence-electron chi connectivity index (χ1n) is 6.40. The Morgan fingerprint density at radius 2 is 1.95 bits per heavy atom. The number of nitrogens with zero attached hydrogens (tertiary/aromatic N) is 4. The summed E-state index contributed by atoms with van der Waals surface area (Å²) in [7, 11) is 1.94. The van der Waals surface area contributed by atoms with E-state index in [4.69, 9.17) is 11.6 Å². The monoisotopic (exact) mass is 352 g/mol. The number of hydrogen-bond acceptors (Lipinski definition) is 2. The van der Waals surface area contributed by atoms with E-state index in [-0.39, 0.29) is 0 Å². The van der Waals surface area contributed by atoms with E-state index in [0.717, 1.165) is 39.3 Å². The third-order valence-electron chi connectivity index (χ3n) is 3.31. The van der Waals surface area contributed by atoms with Crippen LogP contribution in [0.3, 0.4) is 0 Å². The van der Waals surface area contributed by atoms with Crippen molar-refractivity contribution in [1.29, 1.82) is 0 Å². The van der Waals surface area contributed by atoms with Gasteiger partial charge in [0.1, 0.15) is 11.3 Å². The van der Waals surface area contributed by atoms with Crippen LogP contribution in [0.5, 0.6) is 0 Å². The number of aryl methyl sites for hydroxylation is 2. The molecule has 1 aromatic carbocycles. The molecule has 0 N–H and O–H groups in total. The van der Waals surface area contributed by atoms with Crippen LogP contribution in [0.1, 0.15) is 18.4 Å². The Morgan fingerprint density at radius 1 is 1.25 bits per heavy atom. The molecule has 6 heteroatoms. The molecule has 3 aromatic rings. The maximum Gasteiger partial charge on any atom is 0.163 e. The van der Waals surface area contributed by atoms with Gasteiger partial charge < -0.3 is 0 Å². The van der Waals surface area contributed by atoms with Gasteiger partial charge >= 0.3 is 0 Å². The third-order valence-corrected chi connectivity index (χ3v) is 4.08. The van der Waals surface area contributed by atoms with Gasteiger partial charge in [0.05, 0.1) is 11.6 Å². The van der Waals surface area contributed by atoms with Crippen LogP contribution in [0.25, 0.3) is 16.9 Å². The Morgan fingerprint density at radius 3 is 2.55 bits per heavy atom. The molecule has 0 radical (unpaired) electrons. The Labute approximate surface area is 130 Å². The summed E-state index contributed by atoms with van der Waals surface area (Å²) in [5, 5.41) is 4.53. The van der Waals surface area contributed by atoms with Crippen LogP contribution in [0.4, 0.5) is 0 Å². The molecule has 3 rings (SSSR count). The smallest absolute Gasteiger partial charge is 0.163 e. The molecule has 0 amide bonds. The van der Waals surface area contributed by atoms with E-state index in [9.17, 15) is 0 Å². The molecule has 0 atom stereocenters. The number of hydrogen-bond donors (Lipinski definition) is 0. The number of benzene rings is 1. The minimum Gasteiger partial charge on any atom is -0.280 e. The van der Waals surface area contributed by atoms with Crippen LogP contribution in [0.15, 0.2) is 28.7 Å². The van der Waals surface area contributed by atoms with Gasteiger partial charge in [0.2, 0.25) is 0 Å². The van der Waals surface area contributed by atoms with Gasteiger partial charge in [0.15, 0.2) is 5.65 Å². The van der Waals surface area contributed by atoms with Crippen LogP contribution in [-0.2, 0) is 19.3 Å². The minimum atomic E-state index is 0.369. The number of aromatic nitrogens is 4. The maximum atomic E-state index is 6.07. The summed E-state index contributed by atoms with van der Waals surface area (Å²) in [4.78, 5) is 4.66. The van der Waals surface area contributed by atoms with Gasteiger partial charge in [-0.05, 0) is 30.7 Å². The second-order valence-electron chi connectivity index (χ2n) is 4.57. The zero-order valence-electron chi connectivity index (χ0n) is 11.3. The molecular weight excluding hydrogens is 340 g/mol. The van der Waals surface area contributed by atoms with Gasteiger partial charge in [-0.2, -0.15) is 5.10 Å². The van der Waals surface area contributed by atoms with Crippen LogP contribution in [-0.4, -0.2) is 19.3 Å². The molecule has 2 heterocycles. The van der Waals surface area contributed by atoms with Crippen molar-refractivity contribution in [2.24, 2.45) is 7.05 Å². The fourth-order valence-electron chi connectivity index (χ4n) is 2.41. The summed E-state index contributed by atoms with van der Waals surface area (Å²) < 4.78 is 4.99. The van der Waals surface area contributed by atoms with Crippen LogP contribution < -0.4 is 0 Å². The Kier molecular flexibility index (Phi) is 3.56. The van der Waals surface area contributed by atoms with Crippen LogP contribution in [0.2, 0.25) is 0 Å². The van der Waals surface area contributed by atoms with E-state index in [1.54, 1.807) is 0 Å². The van der Waals surface area contributed by atoms with Gasteiger partial charge in [-0.25, -0.2) is 9.67 Å². The number of imidazole rings is 1. The highest BCUT2D eigenvalue weighted by Gasteiger charge is 2.18. The molecule has 0 aliphatic heterocycles. The lowest BCUT2D eigenvalue weighted by atomic mass is 10.3. The third kappa shape index (κ3) is 2.05. The summed E-state index contributed by atoms with van der Waals surface area (Å²) in [5.41, 5.74) is 3.97. The second kappa shape index (κ2) is 5.22. The normalized spacial score (nSPS) is 11.4. The molecule has 0 bridgehead atoms. The highest BCUT2D eigenvalue weighted by molar-refractivity contribution is 9.10. The van der Waals surface area contributed by atoms with E-state index in [0.29, 0.717) is 5.88 Å². The highest BCUT2D eigenvalue weighted by atomic mass is 79.9. The summed E-state index contributed by atoms with van der Waals surface area (Å²) >= 11 is 9.52. The number of fused-ring (bicyclic) bond motifs is 1. The molecular formula is C14H14BrClN4. The van der Waals surface area contributed by atoms with Gasteiger partial charge in [-0.1, -0.05) is 22.9 Å². The number of alkyl halides is 1. The number of rotatable bonds is 3. The van der Waals surface area contributed by atoms with E-state index in [2.05, 4.69) is 37.5 Å². The summed E-state index contributed by atoms with van der Waals surface area (Å²) in [6.45, 7) is 2.08. The molecule has 0 aliphatic rings. The molecule has 20 heavy (non-hydrogen) atoms. The van der Waals surface area contributed by atoms with Gasteiger partial charge in [-0.15, -0.1) is 11.6 Å². The molecule has 2 aromatic heterocycles. The zero-order valence-corrected chi connectivity index (χ0v) is 13.6. The molecule has 4 nitrogen and oxygen atoms in total. The van der Waals surface area contributed by atoms with Gasteiger partial charge in [-0.3, -0.25) is 4.57 Å². The minimum absolute atomic E-state index is 0.369. The molecule has 0 fully saturated rings. The average Bonchev–Trinajstić information content (AvgIpc) is 2.97. The SMILES string of the molecule is CCc1nn(C)c2c1nc(CCl)n2-c1ccc(Br)cc1. The lowest BCUT2D eigenvalue weighted by molar-refractivity contribution is 0.744. The summed E-state index contributed by atoms with van der Waals surface area (Å²) in [5.74, 6) is 1.21. The predicted molar refractivity (Wildman–Crippen MR) is 84.5 cm³/mol. The van der Waals surface area contributed by atoms with Crippen molar-refractivity contribution in [3.05, 3.63) is 40.3 Å². The maximum absolute atomic E-state index is 6.07. The largest absolute Gasteiger partial charge is 0.280 e. The zero-order chi connectivity index (χ0) is 14.3. The quantitative estimate of drug-likeness (QED) is 0.671. The molecule has 104 valence electrons. The van der Waals surface area contributed by atoms with Crippen molar-refractivity contribution < 1.29 is 0 Å². The van der Waals surface area contributed by atoms with Crippen LogP contribution in [0, 0.1) is 0 Å². The molecule has 0 spiro atoms. The van der Waals surface area contributed by atoms with E-state index in [1.165, 1.54) is 0 Å². The lowest BCUT2D eigenvalue weighted by Crippen LogP contribution is -2.04. The van der Waals surface area contributed by atoms with Crippen molar-refractivity contribution in [1.82, 2.24) is 19.3 Å². The first-order valence-corrected chi connectivity index (χ1v) is 7.73. The molecule has 0 saturated heterocycles. The average molecular weight is 354 g/mol. The summed E-state index contributed by atoms with van der Waals surface area (Å²) in [6, 6.07) is 8.10. The van der Waals surface area contributed by atoms with Gasteiger partial charge in [0.25, 0.3) is 0 Å². The fraction of sp³-hybridized carbons (Fsp3) is 0.286. The topological polar surface area (TPSA) is 35.6 Å².